The molecule has 0 fully saturated rings. The summed E-state index contributed by atoms with van der Waals surface area (Å²) in [7, 11) is -2.22. The minimum atomic E-state index is -3.54. The van der Waals surface area contributed by atoms with Crippen LogP contribution in [0.5, 0.6) is 0 Å². The standard InChI is InChI=1S/C20H20N2O4S/c1-21-27(25,26)18-10-8-15(9-11-18)20(24)22-13-19(23)17-7-6-14-4-2-3-5-16(14)12-17/h2-12,19,21,23H,13H2,1H3,(H,22,24). The van der Waals surface area contributed by atoms with Crippen LogP contribution in [0.25, 0.3) is 10.8 Å². The number of rotatable bonds is 6. The first kappa shape index (κ1) is 19.0. The molecule has 0 radical (unpaired) electrons. The van der Waals surface area contributed by atoms with Gasteiger partial charge in [0.2, 0.25) is 10.0 Å². The summed E-state index contributed by atoms with van der Waals surface area (Å²) in [5.74, 6) is -0.386. The quantitative estimate of drug-likeness (QED) is 0.607. The molecule has 0 aliphatic heterocycles. The fourth-order valence-corrected chi connectivity index (χ4v) is 3.46. The summed E-state index contributed by atoms with van der Waals surface area (Å²) in [6.07, 6.45) is -0.845. The molecule has 0 aliphatic carbocycles. The first-order valence-corrected chi connectivity index (χ1v) is 9.87. The summed E-state index contributed by atoms with van der Waals surface area (Å²) in [5, 5.41) is 15.1. The van der Waals surface area contributed by atoms with E-state index < -0.39 is 16.1 Å². The Balaban J connectivity index is 1.65. The molecule has 3 rings (SSSR count). The summed E-state index contributed by atoms with van der Waals surface area (Å²) in [4.78, 5) is 12.3. The Morgan fingerprint density at radius 2 is 1.67 bits per heavy atom. The zero-order chi connectivity index (χ0) is 19.4. The lowest BCUT2D eigenvalue weighted by Crippen LogP contribution is -2.28. The third kappa shape index (κ3) is 4.33. The van der Waals surface area contributed by atoms with Crippen molar-refractivity contribution in [2.75, 3.05) is 13.6 Å². The molecule has 1 atom stereocenters. The number of sulfonamides is 1. The third-order valence-electron chi connectivity index (χ3n) is 4.31. The molecule has 0 aliphatic rings. The van der Waals surface area contributed by atoms with E-state index in [9.17, 15) is 18.3 Å². The van der Waals surface area contributed by atoms with Crippen LogP contribution >= 0.6 is 0 Å². The van der Waals surface area contributed by atoms with Crippen LogP contribution in [0.3, 0.4) is 0 Å². The Morgan fingerprint density at radius 1 is 1.00 bits per heavy atom. The fourth-order valence-electron chi connectivity index (χ4n) is 2.73. The lowest BCUT2D eigenvalue weighted by atomic mass is 10.0. The summed E-state index contributed by atoms with van der Waals surface area (Å²) in [6.45, 7) is 0.0493. The first-order valence-electron chi connectivity index (χ1n) is 8.39. The summed E-state index contributed by atoms with van der Waals surface area (Å²) >= 11 is 0. The lowest BCUT2D eigenvalue weighted by molar-refractivity contribution is 0.0916. The molecule has 3 aromatic carbocycles. The molecule has 7 heteroatoms. The molecule has 0 aromatic heterocycles. The van der Waals surface area contributed by atoms with Crippen LogP contribution < -0.4 is 10.0 Å². The zero-order valence-electron chi connectivity index (χ0n) is 14.7. The van der Waals surface area contributed by atoms with Gasteiger partial charge in [0, 0.05) is 12.1 Å². The van der Waals surface area contributed by atoms with Crippen molar-refractivity contribution in [2.45, 2.75) is 11.0 Å². The van der Waals surface area contributed by atoms with Gasteiger partial charge in [-0.3, -0.25) is 4.79 Å². The molecule has 3 N–H and O–H groups in total. The number of benzene rings is 3. The van der Waals surface area contributed by atoms with E-state index in [1.54, 1.807) is 0 Å². The SMILES string of the molecule is CNS(=O)(=O)c1ccc(C(=O)NCC(O)c2ccc3ccccc3c2)cc1. The minimum absolute atomic E-state index is 0.0493. The number of hydrogen-bond acceptors (Lipinski definition) is 4. The average molecular weight is 384 g/mol. The van der Waals surface area contributed by atoms with Crippen molar-refractivity contribution in [3.05, 3.63) is 77.9 Å². The highest BCUT2D eigenvalue weighted by Gasteiger charge is 2.14. The maximum atomic E-state index is 12.2. The smallest absolute Gasteiger partial charge is 0.251 e. The van der Waals surface area contributed by atoms with Crippen molar-refractivity contribution >= 4 is 26.7 Å². The van der Waals surface area contributed by atoms with Gasteiger partial charge in [-0.2, -0.15) is 0 Å². The summed E-state index contributed by atoms with van der Waals surface area (Å²) in [5.41, 5.74) is 1.03. The van der Waals surface area contributed by atoms with Gasteiger partial charge in [0.05, 0.1) is 11.0 Å². The number of amides is 1. The average Bonchev–Trinajstić information content (AvgIpc) is 2.71. The Hall–Kier alpha value is -2.74. The van der Waals surface area contributed by atoms with Gasteiger partial charge in [-0.1, -0.05) is 36.4 Å². The van der Waals surface area contributed by atoms with Crippen molar-refractivity contribution in [2.24, 2.45) is 0 Å². The van der Waals surface area contributed by atoms with Gasteiger partial charge in [-0.15, -0.1) is 0 Å². The van der Waals surface area contributed by atoms with E-state index in [2.05, 4.69) is 10.0 Å². The van der Waals surface area contributed by atoms with Crippen LogP contribution in [0.1, 0.15) is 22.0 Å². The van der Waals surface area contributed by atoms with Crippen molar-refractivity contribution in [1.82, 2.24) is 10.0 Å². The molecule has 0 saturated heterocycles. The summed E-state index contributed by atoms with van der Waals surface area (Å²) in [6, 6.07) is 19.1. The second-order valence-corrected chi connectivity index (χ2v) is 7.95. The Labute approximate surface area is 157 Å². The van der Waals surface area contributed by atoms with Crippen molar-refractivity contribution in [3.8, 4) is 0 Å². The van der Waals surface area contributed by atoms with Crippen LogP contribution in [0, 0.1) is 0 Å². The van der Waals surface area contributed by atoms with Crippen molar-refractivity contribution in [3.63, 3.8) is 0 Å². The first-order chi connectivity index (χ1) is 12.9. The van der Waals surface area contributed by atoms with E-state index in [0.717, 1.165) is 10.8 Å². The summed E-state index contributed by atoms with van der Waals surface area (Å²) < 4.78 is 25.6. The number of carbonyl (C=O) groups is 1. The van der Waals surface area contributed by atoms with E-state index >= 15 is 0 Å². The molecular weight excluding hydrogens is 364 g/mol. The molecule has 0 heterocycles. The van der Waals surface area contributed by atoms with E-state index in [1.165, 1.54) is 31.3 Å². The molecule has 6 nitrogen and oxygen atoms in total. The van der Waals surface area contributed by atoms with E-state index in [4.69, 9.17) is 0 Å². The van der Waals surface area contributed by atoms with Crippen LogP contribution in [0.15, 0.2) is 71.6 Å². The second kappa shape index (κ2) is 7.87. The fraction of sp³-hybridized carbons (Fsp3) is 0.150. The van der Waals surface area contributed by atoms with Crippen LogP contribution in [0.2, 0.25) is 0 Å². The number of fused-ring (bicyclic) bond motifs is 1. The van der Waals surface area contributed by atoms with Crippen LogP contribution in [-0.2, 0) is 10.0 Å². The molecule has 0 spiro atoms. The van der Waals surface area contributed by atoms with Crippen LogP contribution in [-0.4, -0.2) is 33.0 Å². The van der Waals surface area contributed by atoms with Crippen molar-refractivity contribution in [1.29, 1.82) is 0 Å². The second-order valence-electron chi connectivity index (χ2n) is 6.06. The Kier molecular flexibility index (Phi) is 5.55. The number of hydrogen-bond donors (Lipinski definition) is 3. The maximum absolute atomic E-state index is 12.2. The minimum Gasteiger partial charge on any atom is -0.387 e. The highest BCUT2D eigenvalue weighted by molar-refractivity contribution is 7.89. The monoisotopic (exact) mass is 384 g/mol. The Morgan fingerprint density at radius 3 is 2.33 bits per heavy atom. The third-order valence-corrected chi connectivity index (χ3v) is 5.74. The normalized spacial score (nSPS) is 12.7. The Bertz CT molecular complexity index is 1060. The van der Waals surface area contributed by atoms with Gasteiger partial charge in [0.25, 0.3) is 5.91 Å². The van der Waals surface area contributed by atoms with E-state index in [-0.39, 0.29) is 17.3 Å². The zero-order valence-corrected chi connectivity index (χ0v) is 15.5. The molecule has 0 saturated carbocycles. The van der Waals surface area contributed by atoms with E-state index in [0.29, 0.717) is 11.1 Å². The molecule has 27 heavy (non-hydrogen) atoms. The molecule has 1 unspecified atom stereocenters. The van der Waals surface area contributed by atoms with Gasteiger partial charge in [0.1, 0.15) is 0 Å². The molecule has 1 amide bonds. The molecular formula is C20H20N2O4S. The number of carbonyl (C=O) groups excluding carboxylic acids is 1. The maximum Gasteiger partial charge on any atom is 0.251 e. The number of aliphatic hydroxyl groups excluding tert-OH is 1. The number of nitrogens with one attached hydrogen (secondary N) is 2. The largest absolute Gasteiger partial charge is 0.387 e. The predicted octanol–water partition coefficient (Wildman–Crippen LogP) is 2.21. The van der Waals surface area contributed by atoms with Gasteiger partial charge >= 0.3 is 0 Å². The highest BCUT2D eigenvalue weighted by Crippen LogP contribution is 2.20. The molecule has 3 aromatic rings. The van der Waals surface area contributed by atoms with Gasteiger partial charge in [-0.05, 0) is 53.7 Å². The number of aliphatic hydroxyl groups is 1. The predicted molar refractivity (Wildman–Crippen MR) is 104 cm³/mol. The molecule has 140 valence electrons. The van der Waals surface area contributed by atoms with Gasteiger partial charge in [-0.25, -0.2) is 13.1 Å². The highest BCUT2D eigenvalue weighted by atomic mass is 32.2. The van der Waals surface area contributed by atoms with Crippen LogP contribution in [0.4, 0.5) is 0 Å². The van der Waals surface area contributed by atoms with E-state index in [1.807, 2.05) is 42.5 Å². The lowest BCUT2D eigenvalue weighted by Gasteiger charge is -2.13. The molecule has 0 bridgehead atoms. The van der Waals surface area contributed by atoms with Gasteiger partial charge < -0.3 is 10.4 Å². The van der Waals surface area contributed by atoms with Crippen molar-refractivity contribution < 1.29 is 18.3 Å². The topological polar surface area (TPSA) is 95.5 Å². The van der Waals surface area contributed by atoms with Gasteiger partial charge in [0.15, 0.2) is 0 Å².